The molecule has 148 valence electrons. The first-order valence-corrected chi connectivity index (χ1v) is 8.11. The number of aliphatic hydroxyl groups is 1. The number of hydrogen-bond donors (Lipinski definition) is 8. The summed E-state index contributed by atoms with van der Waals surface area (Å²) in [5.74, 6) is -4.55. The van der Waals surface area contributed by atoms with E-state index in [0.717, 1.165) is 0 Å². The van der Waals surface area contributed by atoms with Crippen molar-refractivity contribution in [3.63, 3.8) is 0 Å². The number of amides is 4. The number of nitrogens with two attached hydrogens (primary N) is 2. The maximum Gasteiger partial charge on any atom is 0.322 e. The van der Waals surface area contributed by atoms with Crippen molar-refractivity contribution in [1.82, 2.24) is 16.0 Å². The van der Waals surface area contributed by atoms with Crippen LogP contribution >= 0.6 is 12.6 Å². The number of carbonyl (C=O) groups excluding carboxylic acids is 4. The van der Waals surface area contributed by atoms with Crippen LogP contribution in [0.5, 0.6) is 0 Å². The van der Waals surface area contributed by atoms with Crippen LogP contribution in [0.25, 0.3) is 0 Å². The van der Waals surface area contributed by atoms with Gasteiger partial charge in [-0.2, -0.15) is 12.6 Å². The molecule has 0 spiro atoms. The smallest absolute Gasteiger partial charge is 0.322 e. The van der Waals surface area contributed by atoms with Crippen LogP contribution in [0.15, 0.2) is 0 Å². The molecule has 12 nitrogen and oxygen atoms in total. The molecule has 0 heterocycles. The number of aliphatic carboxylic acids is 1. The quantitative estimate of drug-likeness (QED) is 0.151. The number of carbonyl (C=O) groups is 5. The summed E-state index contributed by atoms with van der Waals surface area (Å²) in [6, 6.07) is -3.71. The average Bonchev–Trinajstić information content (AvgIpc) is 2.59. The Bertz CT molecular complexity index is 545. The first-order valence-electron chi connectivity index (χ1n) is 7.48. The SMILES string of the molecule is NC(=O)CCC(N)C(=O)NC(CO)C(=O)NC(CS)C(=O)NCC(=O)O. The Morgan fingerprint density at radius 3 is 2.04 bits per heavy atom. The highest BCUT2D eigenvalue weighted by atomic mass is 32.1. The Balaban J connectivity index is 4.70. The molecule has 4 amide bonds. The fourth-order valence-corrected chi connectivity index (χ4v) is 1.91. The van der Waals surface area contributed by atoms with Gasteiger partial charge in [-0.25, -0.2) is 0 Å². The standard InChI is InChI=1S/C13H23N5O7S/c14-6(1-2-9(15)20)11(23)17-7(4-19)13(25)18-8(5-26)12(24)16-3-10(21)22/h6-8,19,26H,1-5,14H2,(H2,15,20)(H,16,24)(H,17,23)(H,18,25)(H,21,22). The predicted molar refractivity (Wildman–Crippen MR) is 91.8 cm³/mol. The lowest BCUT2D eigenvalue weighted by molar-refractivity contribution is -0.138. The van der Waals surface area contributed by atoms with Gasteiger partial charge in [0.1, 0.15) is 18.6 Å². The maximum atomic E-state index is 12.1. The third kappa shape index (κ3) is 9.19. The maximum absolute atomic E-state index is 12.1. The lowest BCUT2D eigenvalue weighted by Gasteiger charge is -2.22. The van der Waals surface area contributed by atoms with Gasteiger partial charge in [-0.15, -0.1) is 0 Å². The van der Waals surface area contributed by atoms with Crippen LogP contribution in [0.3, 0.4) is 0 Å². The first kappa shape index (κ1) is 23.6. The second-order valence-electron chi connectivity index (χ2n) is 5.21. The van der Waals surface area contributed by atoms with Gasteiger partial charge in [-0.3, -0.25) is 24.0 Å². The van der Waals surface area contributed by atoms with Gasteiger partial charge in [0.15, 0.2) is 0 Å². The summed E-state index contributed by atoms with van der Waals surface area (Å²) in [4.78, 5) is 56.8. The van der Waals surface area contributed by atoms with E-state index in [1.807, 2.05) is 0 Å². The fraction of sp³-hybridized carbons (Fsp3) is 0.615. The highest BCUT2D eigenvalue weighted by Gasteiger charge is 2.27. The Morgan fingerprint density at radius 1 is 1.00 bits per heavy atom. The summed E-state index contributed by atoms with van der Waals surface area (Å²) in [5, 5.41) is 24.2. The van der Waals surface area contributed by atoms with Gasteiger partial charge in [0.2, 0.25) is 23.6 Å². The predicted octanol–water partition coefficient (Wildman–Crippen LogP) is -4.33. The molecule has 26 heavy (non-hydrogen) atoms. The minimum atomic E-state index is -1.41. The van der Waals surface area contributed by atoms with Gasteiger partial charge in [-0.1, -0.05) is 0 Å². The first-order chi connectivity index (χ1) is 12.1. The molecule has 0 aromatic carbocycles. The van der Waals surface area contributed by atoms with Gasteiger partial charge in [0, 0.05) is 12.2 Å². The summed E-state index contributed by atoms with van der Waals surface area (Å²) < 4.78 is 0. The molecule has 0 aromatic heterocycles. The van der Waals surface area contributed by atoms with Crippen molar-refractivity contribution < 1.29 is 34.2 Å². The molecule has 0 bridgehead atoms. The van der Waals surface area contributed by atoms with Crippen molar-refractivity contribution in [3.05, 3.63) is 0 Å². The zero-order valence-corrected chi connectivity index (χ0v) is 14.7. The number of nitrogens with one attached hydrogen (secondary N) is 3. The Labute approximate surface area is 154 Å². The highest BCUT2D eigenvalue weighted by Crippen LogP contribution is 1.97. The zero-order chi connectivity index (χ0) is 20.3. The van der Waals surface area contributed by atoms with Crippen molar-refractivity contribution in [2.45, 2.75) is 31.0 Å². The fourth-order valence-electron chi connectivity index (χ4n) is 1.65. The normalized spacial score (nSPS) is 13.8. The van der Waals surface area contributed by atoms with Crippen LogP contribution in [-0.4, -0.2) is 76.8 Å². The summed E-state index contributed by atoms with van der Waals surface area (Å²) in [6.45, 7) is -1.43. The zero-order valence-electron chi connectivity index (χ0n) is 13.8. The molecule has 0 fully saturated rings. The average molecular weight is 393 g/mol. The molecule has 3 unspecified atom stereocenters. The van der Waals surface area contributed by atoms with Gasteiger partial charge in [0.05, 0.1) is 12.6 Å². The molecule has 0 aliphatic rings. The third-order valence-corrected chi connectivity index (χ3v) is 3.45. The molecule has 9 N–H and O–H groups in total. The Kier molecular flexibility index (Phi) is 10.9. The van der Waals surface area contributed by atoms with E-state index in [-0.39, 0.29) is 18.6 Å². The lowest BCUT2D eigenvalue weighted by Crippen LogP contribution is -2.57. The van der Waals surface area contributed by atoms with Crippen molar-refractivity contribution >= 4 is 42.2 Å². The van der Waals surface area contributed by atoms with Crippen LogP contribution in [0.2, 0.25) is 0 Å². The molecular weight excluding hydrogens is 370 g/mol. The molecule has 0 radical (unpaired) electrons. The Hall–Kier alpha value is -2.38. The number of thiol groups is 1. The van der Waals surface area contributed by atoms with Crippen molar-refractivity contribution in [1.29, 1.82) is 0 Å². The molecule has 0 aliphatic carbocycles. The van der Waals surface area contributed by atoms with E-state index in [1.165, 1.54) is 0 Å². The van der Waals surface area contributed by atoms with Crippen LogP contribution in [0.1, 0.15) is 12.8 Å². The molecule has 0 saturated carbocycles. The van der Waals surface area contributed by atoms with E-state index in [2.05, 4.69) is 28.6 Å². The summed E-state index contributed by atoms with van der Waals surface area (Å²) in [7, 11) is 0. The van der Waals surface area contributed by atoms with Crippen molar-refractivity contribution in [2.75, 3.05) is 18.9 Å². The van der Waals surface area contributed by atoms with E-state index in [4.69, 9.17) is 16.6 Å². The van der Waals surface area contributed by atoms with E-state index in [1.54, 1.807) is 0 Å². The van der Waals surface area contributed by atoms with E-state index in [9.17, 15) is 29.1 Å². The highest BCUT2D eigenvalue weighted by molar-refractivity contribution is 7.80. The monoisotopic (exact) mass is 393 g/mol. The summed E-state index contributed by atoms with van der Waals surface area (Å²) in [5.41, 5.74) is 10.5. The van der Waals surface area contributed by atoms with Crippen LogP contribution in [0, 0.1) is 0 Å². The number of rotatable bonds is 12. The van der Waals surface area contributed by atoms with Crippen molar-refractivity contribution in [3.8, 4) is 0 Å². The van der Waals surface area contributed by atoms with Gasteiger partial charge >= 0.3 is 5.97 Å². The van der Waals surface area contributed by atoms with Crippen molar-refractivity contribution in [2.24, 2.45) is 11.5 Å². The number of carboxylic acids is 1. The van der Waals surface area contributed by atoms with Crippen LogP contribution < -0.4 is 27.4 Å². The topological polar surface area (TPSA) is 214 Å². The molecule has 0 aliphatic heterocycles. The molecule has 3 atom stereocenters. The molecule has 13 heteroatoms. The summed E-state index contributed by atoms with van der Waals surface area (Å²) in [6.07, 6.45) is -0.173. The van der Waals surface area contributed by atoms with Gasteiger partial charge in [0.25, 0.3) is 0 Å². The summed E-state index contributed by atoms with van der Waals surface area (Å²) >= 11 is 3.88. The lowest BCUT2D eigenvalue weighted by atomic mass is 10.1. The second kappa shape index (κ2) is 12.1. The minimum Gasteiger partial charge on any atom is -0.480 e. The van der Waals surface area contributed by atoms with Gasteiger partial charge in [-0.05, 0) is 6.42 Å². The van der Waals surface area contributed by atoms with Crippen LogP contribution in [-0.2, 0) is 24.0 Å². The van der Waals surface area contributed by atoms with E-state index < -0.39 is 60.9 Å². The third-order valence-electron chi connectivity index (χ3n) is 3.08. The minimum absolute atomic E-state index is 0.0439. The molecule has 0 rings (SSSR count). The van der Waals surface area contributed by atoms with Gasteiger partial charge < -0.3 is 37.6 Å². The number of carboxylic acid groups (broad SMARTS) is 1. The van der Waals surface area contributed by atoms with E-state index >= 15 is 0 Å². The molecular formula is C13H23N5O7S. The largest absolute Gasteiger partial charge is 0.480 e. The Morgan fingerprint density at radius 2 is 1.58 bits per heavy atom. The molecule has 0 saturated heterocycles. The van der Waals surface area contributed by atoms with Crippen LogP contribution in [0.4, 0.5) is 0 Å². The second-order valence-corrected chi connectivity index (χ2v) is 5.58. The van der Waals surface area contributed by atoms with E-state index in [0.29, 0.717) is 0 Å². The molecule has 0 aromatic rings. The number of primary amides is 1. The number of hydrogen-bond acceptors (Lipinski definition) is 8. The number of aliphatic hydroxyl groups excluding tert-OH is 1.